The number of allylic oxidation sites excluding steroid dienone is 2. The molecule has 3 unspecified atom stereocenters. The predicted octanol–water partition coefficient (Wildman–Crippen LogP) is 9.50. The fourth-order valence-corrected chi connectivity index (χ4v) is 7.41. The first-order valence-corrected chi connectivity index (χ1v) is 15.5. The number of hydrogen-bond acceptors (Lipinski definition) is 4. The summed E-state index contributed by atoms with van der Waals surface area (Å²) in [5.41, 5.74) is 8.98. The largest absolute Gasteiger partial charge is 0.287 e. The van der Waals surface area contributed by atoms with E-state index in [1.807, 2.05) is 0 Å². The lowest BCUT2D eigenvalue weighted by molar-refractivity contribution is 0.434. The van der Waals surface area contributed by atoms with Crippen molar-refractivity contribution >= 4 is 44.9 Å². The summed E-state index contributed by atoms with van der Waals surface area (Å²) in [6, 6.07) is 34.8. The molecule has 6 aromatic rings. The second-order valence-corrected chi connectivity index (χ2v) is 12.1. The van der Waals surface area contributed by atoms with E-state index in [0.717, 1.165) is 53.0 Å². The Balaban J connectivity index is 1.04. The molecule has 1 aliphatic carbocycles. The highest BCUT2D eigenvalue weighted by Gasteiger charge is 2.36. The highest BCUT2D eigenvalue weighted by molar-refractivity contribution is 6.22. The summed E-state index contributed by atoms with van der Waals surface area (Å²) in [5, 5.41) is 6.12. The van der Waals surface area contributed by atoms with Gasteiger partial charge in [-0.05, 0) is 59.2 Å². The van der Waals surface area contributed by atoms with Gasteiger partial charge in [0.25, 0.3) is 0 Å². The summed E-state index contributed by atoms with van der Waals surface area (Å²) >= 11 is 0. The van der Waals surface area contributed by atoms with Crippen LogP contribution in [0.3, 0.4) is 0 Å². The third kappa shape index (κ3) is 4.05. The molecule has 4 nitrogen and oxygen atoms in total. The van der Waals surface area contributed by atoms with Crippen molar-refractivity contribution in [2.45, 2.75) is 31.2 Å². The zero-order chi connectivity index (χ0) is 29.0. The maximum Gasteiger partial charge on any atom is 0.0986 e. The highest BCUT2D eigenvalue weighted by atomic mass is 14.9. The van der Waals surface area contributed by atoms with Crippen LogP contribution in [0.15, 0.2) is 137 Å². The molecule has 2 aliphatic heterocycles. The number of benzene rings is 4. The van der Waals surface area contributed by atoms with E-state index in [1.165, 1.54) is 38.1 Å². The lowest BCUT2D eigenvalue weighted by Crippen LogP contribution is -2.32. The molecule has 0 saturated carbocycles. The number of aromatic nitrogens is 2. The minimum Gasteiger partial charge on any atom is -0.287 e. The van der Waals surface area contributed by atoms with Crippen LogP contribution in [-0.4, -0.2) is 28.4 Å². The second kappa shape index (κ2) is 10.2. The Morgan fingerprint density at radius 3 is 2.43 bits per heavy atom. The fourth-order valence-electron chi connectivity index (χ4n) is 7.41. The first kappa shape index (κ1) is 25.3. The molecule has 44 heavy (non-hydrogen) atoms. The molecule has 4 heterocycles. The standard InChI is InChI=1S/C40H30N4/c1-2-8-31-25(6-1)15-19-34-37(31)33-9-3-4-10-36(33)44-38(34)28-13-11-26(12-14-28)35-20-17-29(24-43-35)30-21-23-42-40-32(30)18-16-27-7-5-22-41-39(27)40/h1-4,6,8-20,22-24,30,32,40H,5,7,21H2. The molecule has 0 N–H and O–H groups in total. The van der Waals surface area contributed by atoms with Gasteiger partial charge in [-0.3, -0.25) is 15.0 Å². The van der Waals surface area contributed by atoms with E-state index in [1.54, 1.807) is 0 Å². The van der Waals surface area contributed by atoms with Crippen LogP contribution >= 0.6 is 0 Å². The van der Waals surface area contributed by atoms with E-state index in [0.29, 0.717) is 11.8 Å². The molecular formula is C40H30N4. The van der Waals surface area contributed by atoms with Crippen molar-refractivity contribution in [3.05, 3.63) is 132 Å². The van der Waals surface area contributed by atoms with E-state index < -0.39 is 0 Å². The van der Waals surface area contributed by atoms with E-state index in [4.69, 9.17) is 20.0 Å². The van der Waals surface area contributed by atoms with Gasteiger partial charge in [0.1, 0.15) is 0 Å². The molecule has 3 aliphatic rings. The third-order valence-corrected chi connectivity index (χ3v) is 9.61. The summed E-state index contributed by atoms with van der Waals surface area (Å²) in [4.78, 5) is 19.8. The fraction of sp³-hybridized carbons (Fsp3) is 0.150. The van der Waals surface area contributed by atoms with Crippen molar-refractivity contribution in [1.29, 1.82) is 0 Å². The van der Waals surface area contributed by atoms with Crippen LogP contribution in [0.1, 0.15) is 30.7 Å². The number of pyridine rings is 2. The Labute approximate surface area is 256 Å². The molecule has 9 rings (SSSR count). The van der Waals surface area contributed by atoms with Gasteiger partial charge in [-0.15, -0.1) is 0 Å². The lowest BCUT2D eigenvalue weighted by atomic mass is 9.73. The van der Waals surface area contributed by atoms with Gasteiger partial charge in [-0.25, -0.2) is 4.98 Å². The molecular weight excluding hydrogens is 536 g/mol. The van der Waals surface area contributed by atoms with Crippen LogP contribution in [0.5, 0.6) is 0 Å². The molecule has 0 radical (unpaired) electrons. The molecule has 0 spiro atoms. The average molecular weight is 567 g/mol. The molecule has 0 fully saturated rings. The minimum atomic E-state index is 0.121. The zero-order valence-electron chi connectivity index (χ0n) is 24.3. The van der Waals surface area contributed by atoms with Gasteiger partial charge in [-0.2, -0.15) is 0 Å². The Morgan fingerprint density at radius 1 is 0.705 bits per heavy atom. The molecule has 0 amide bonds. The molecule has 4 heteroatoms. The van der Waals surface area contributed by atoms with Gasteiger partial charge in [-0.1, -0.05) is 97.1 Å². The molecule has 2 aromatic heterocycles. The Kier molecular flexibility index (Phi) is 5.86. The van der Waals surface area contributed by atoms with Gasteiger partial charge in [0.05, 0.1) is 28.6 Å². The summed E-state index contributed by atoms with van der Waals surface area (Å²) in [7, 11) is 0. The van der Waals surface area contributed by atoms with Gasteiger partial charge >= 0.3 is 0 Å². The molecule has 0 bridgehead atoms. The second-order valence-electron chi connectivity index (χ2n) is 12.1. The topological polar surface area (TPSA) is 50.5 Å². The number of para-hydroxylation sites is 1. The zero-order valence-corrected chi connectivity index (χ0v) is 24.3. The lowest BCUT2D eigenvalue weighted by Gasteiger charge is -2.36. The van der Waals surface area contributed by atoms with Crippen LogP contribution in [0.2, 0.25) is 0 Å². The number of nitrogens with zero attached hydrogens (tertiary/aromatic N) is 4. The Bertz CT molecular complexity index is 2190. The average Bonchev–Trinajstić information content (AvgIpc) is 3.11. The predicted molar refractivity (Wildman–Crippen MR) is 182 cm³/mol. The summed E-state index contributed by atoms with van der Waals surface area (Å²) < 4.78 is 0. The summed E-state index contributed by atoms with van der Waals surface area (Å²) in [5.74, 6) is 0.675. The molecule has 210 valence electrons. The highest BCUT2D eigenvalue weighted by Crippen LogP contribution is 2.43. The van der Waals surface area contributed by atoms with Gasteiger partial charge in [0.15, 0.2) is 0 Å². The first-order chi connectivity index (χ1) is 21.8. The van der Waals surface area contributed by atoms with E-state index in [9.17, 15) is 0 Å². The maximum absolute atomic E-state index is 5.16. The van der Waals surface area contributed by atoms with Crippen molar-refractivity contribution in [3.63, 3.8) is 0 Å². The molecule has 4 aromatic carbocycles. The smallest absolute Gasteiger partial charge is 0.0986 e. The minimum absolute atomic E-state index is 0.121. The van der Waals surface area contributed by atoms with Crippen molar-refractivity contribution < 1.29 is 0 Å². The first-order valence-electron chi connectivity index (χ1n) is 15.5. The summed E-state index contributed by atoms with van der Waals surface area (Å²) in [6.07, 6.45) is 13.9. The molecule has 0 saturated heterocycles. The van der Waals surface area contributed by atoms with E-state index >= 15 is 0 Å². The Hall–Kier alpha value is -5.22. The van der Waals surface area contributed by atoms with Crippen LogP contribution in [0.4, 0.5) is 0 Å². The number of hydrogen-bond donors (Lipinski definition) is 0. The normalized spacial score (nSPS) is 20.8. The summed E-state index contributed by atoms with van der Waals surface area (Å²) in [6.45, 7) is 0. The quantitative estimate of drug-likeness (QED) is 0.200. The van der Waals surface area contributed by atoms with E-state index in [2.05, 4.69) is 128 Å². The number of rotatable bonds is 3. The number of aliphatic imine (C=N–C) groups is 2. The van der Waals surface area contributed by atoms with Crippen LogP contribution in [0.25, 0.3) is 55.0 Å². The van der Waals surface area contributed by atoms with Crippen molar-refractivity contribution in [1.82, 2.24) is 9.97 Å². The van der Waals surface area contributed by atoms with Crippen LogP contribution in [-0.2, 0) is 0 Å². The van der Waals surface area contributed by atoms with Gasteiger partial charge in [0.2, 0.25) is 0 Å². The van der Waals surface area contributed by atoms with Crippen molar-refractivity contribution in [2.75, 3.05) is 0 Å². The van der Waals surface area contributed by atoms with Crippen molar-refractivity contribution in [3.8, 4) is 22.5 Å². The third-order valence-electron chi connectivity index (χ3n) is 9.61. The van der Waals surface area contributed by atoms with Gasteiger partial charge in [0, 0.05) is 51.8 Å². The van der Waals surface area contributed by atoms with E-state index in [-0.39, 0.29) is 6.04 Å². The van der Waals surface area contributed by atoms with Crippen LogP contribution < -0.4 is 0 Å². The number of fused-ring (bicyclic) bond motifs is 7. The maximum atomic E-state index is 5.16. The SMILES string of the molecule is C1=CC2C(N=CCC2c2ccc(-c3ccc(-c4nc5ccccc5c5c4ccc4ccccc45)cc3)nc2)C2=C1CCC=N2. The van der Waals surface area contributed by atoms with Crippen molar-refractivity contribution in [2.24, 2.45) is 15.9 Å². The monoisotopic (exact) mass is 566 g/mol. The molecule has 3 atom stereocenters. The van der Waals surface area contributed by atoms with Gasteiger partial charge < -0.3 is 0 Å². The van der Waals surface area contributed by atoms with Crippen LogP contribution in [0, 0.1) is 5.92 Å². The Morgan fingerprint density at radius 2 is 1.55 bits per heavy atom.